The lowest BCUT2D eigenvalue weighted by Crippen LogP contribution is -1.82. The number of fused-ring (bicyclic) bond motifs is 1. The van der Waals surface area contributed by atoms with Gasteiger partial charge in [0.15, 0.2) is 0 Å². The van der Waals surface area contributed by atoms with Crippen molar-refractivity contribution in [1.29, 1.82) is 0 Å². The summed E-state index contributed by atoms with van der Waals surface area (Å²) in [7, 11) is 3.39. The topological polar surface area (TPSA) is 9.23 Å². The molecule has 0 aliphatic heterocycles. The Bertz CT molecular complexity index is 417. The fourth-order valence-electron chi connectivity index (χ4n) is 1.42. The number of ether oxygens (including phenoxy) is 1. The van der Waals surface area contributed by atoms with Gasteiger partial charge in [0, 0.05) is 4.70 Å². The van der Waals surface area contributed by atoms with Crippen LogP contribution in [0.5, 0.6) is 0 Å². The number of hydrogen-bond acceptors (Lipinski definition) is 2. The maximum Gasteiger partial charge on any atom is 0.0732 e. The van der Waals surface area contributed by atoms with Crippen molar-refractivity contribution in [1.82, 2.24) is 0 Å². The quantitative estimate of drug-likeness (QED) is 0.705. The van der Waals surface area contributed by atoms with Crippen LogP contribution in [0.25, 0.3) is 10.1 Å². The number of thiophene rings is 1. The van der Waals surface area contributed by atoms with Crippen LogP contribution in [-0.4, -0.2) is 0 Å². The third kappa shape index (κ3) is 1.60. The maximum atomic E-state index is 4.89. The maximum absolute atomic E-state index is 4.89. The van der Waals surface area contributed by atoms with Crippen LogP contribution >= 0.6 is 11.3 Å². The molecule has 0 atom stereocenters. The molecule has 13 heavy (non-hydrogen) atoms. The Hall–Kier alpha value is -0.860. The van der Waals surface area contributed by atoms with Gasteiger partial charge in [-0.25, -0.2) is 0 Å². The van der Waals surface area contributed by atoms with Gasteiger partial charge < -0.3 is 4.74 Å². The van der Waals surface area contributed by atoms with E-state index in [4.69, 9.17) is 4.74 Å². The normalized spacial score (nSPS) is 10.9. The average Bonchev–Trinajstić information content (AvgIpc) is 2.49. The summed E-state index contributed by atoms with van der Waals surface area (Å²) < 4.78 is 6.21. The molecule has 0 saturated carbocycles. The van der Waals surface area contributed by atoms with Crippen LogP contribution in [0.2, 0.25) is 0 Å². The Morgan fingerprint density at radius 3 is 3.08 bits per heavy atom. The summed E-state index contributed by atoms with van der Waals surface area (Å²) in [5.41, 5.74) is 2.52. The lowest BCUT2D eigenvalue weighted by Gasteiger charge is -1.97. The number of hydrogen-bond donors (Lipinski definition) is 0. The van der Waals surface area contributed by atoms with Crippen LogP contribution in [-0.2, 0) is 11.3 Å². The van der Waals surface area contributed by atoms with Crippen molar-refractivity contribution in [2.24, 2.45) is 0 Å². The highest BCUT2D eigenvalue weighted by molar-refractivity contribution is 7.17. The first kappa shape index (κ1) is 8.73. The van der Waals surface area contributed by atoms with Crippen LogP contribution in [0.15, 0.2) is 23.6 Å². The van der Waals surface area contributed by atoms with E-state index in [1.165, 1.54) is 21.2 Å². The second-order valence-corrected chi connectivity index (χ2v) is 4.02. The molecule has 0 aliphatic carbocycles. The van der Waals surface area contributed by atoms with Gasteiger partial charge in [-0.1, -0.05) is 17.7 Å². The van der Waals surface area contributed by atoms with E-state index in [2.05, 4.69) is 37.6 Å². The summed E-state index contributed by atoms with van der Waals surface area (Å²) >= 11 is 1.75. The van der Waals surface area contributed by atoms with E-state index in [9.17, 15) is 0 Å². The summed E-state index contributed by atoms with van der Waals surface area (Å²) in [4.78, 5) is 0. The minimum atomic E-state index is 0.601. The number of aryl methyl sites for hydroxylation is 1. The molecule has 2 heteroatoms. The van der Waals surface area contributed by atoms with Gasteiger partial charge in [0.05, 0.1) is 13.7 Å². The molecule has 1 heterocycles. The van der Waals surface area contributed by atoms with Crippen LogP contribution in [0.1, 0.15) is 11.1 Å². The lowest BCUT2D eigenvalue weighted by atomic mass is 10.1. The Morgan fingerprint density at radius 1 is 1.46 bits per heavy atom. The zero-order valence-corrected chi connectivity index (χ0v) is 8.36. The van der Waals surface area contributed by atoms with Gasteiger partial charge >= 0.3 is 0 Å². The second kappa shape index (κ2) is 3.48. The molecule has 0 fully saturated rings. The minimum Gasteiger partial charge on any atom is -0.374 e. The molecule has 1 radical (unpaired) electrons. The van der Waals surface area contributed by atoms with Gasteiger partial charge in [0.1, 0.15) is 0 Å². The van der Waals surface area contributed by atoms with E-state index in [0.717, 1.165) is 0 Å². The molecular weight excluding hydrogens is 180 g/mol. The highest BCUT2D eigenvalue weighted by atomic mass is 32.1. The van der Waals surface area contributed by atoms with Gasteiger partial charge in [-0.2, -0.15) is 0 Å². The number of rotatable bonds is 2. The van der Waals surface area contributed by atoms with Gasteiger partial charge in [-0.15, -0.1) is 11.3 Å². The SMILES string of the molecule is [CH2]OCc1csc2ccc(C)cc12. The molecule has 2 aromatic rings. The smallest absolute Gasteiger partial charge is 0.0732 e. The van der Waals surface area contributed by atoms with Crippen LogP contribution in [0.4, 0.5) is 0 Å². The molecule has 67 valence electrons. The highest BCUT2D eigenvalue weighted by Crippen LogP contribution is 2.27. The van der Waals surface area contributed by atoms with Gasteiger partial charge in [0.25, 0.3) is 0 Å². The fraction of sp³-hybridized carbons (Fsp3) is 0.182. The number of benzene rings is 1. The van der Waals surface area contributed by atoms with Crippen LogP contribution in [0, 0.1) is 14.0 Å². The molecule has 0 spiro atoms. The molecule has 0 saturated heterocycles. The van der Waals surface area contributed by atoms with Gasteiger partial charge in [0.2, 0.25) is 0 Å². The highest BCUT2D eigenvalue weighted by Gasteiger charge is 2.02. The molecule has 1 aromatic heterocycles. The lowest BCUT2D eigenvalue weighted by molar-refractivity contribution is 0.230. The van der Waals surface area contributed by atoms with Gasteiger partial charge in [-0.3, -0.25) is 0 Å². The summed E-state index contributed by atoms with van der Waals surface area (Å²) in [6.07, 6.45) is 0. The summed E-state index contributed by atoms with van der Waals surface area (Å²) in [5, 5.41) is 3.43. The third-order valence-corrected chi connectivity index (χ3v) is 3.08. The Balaban J connectivity index is 2.58. The first-order valence-electron chi connectivity index (χ1n) is 4.15. The second-order valence-electron chi connectivity index (χ2n) is 3.11. The molecule has 0 aliphatic rings. The summed E-state index contributed by atoms with van der Waals surface area (Å²) in [5.74, 6) is 0. The van der Waals surface area contributed by atoms with Crippen molar-refractivity contribution in [3.8, 4) is 0 Å². The third-order valence-electron chi connectivity index (χ3n) is 2.07. The van der Waals surface area contributed by atoms with Crippen LogP contribution < -0.4 is 0 Å². The Kier molecular flexibility index (Phi) is 2.34. The van der Waals surface area contributed by atoms with Crippen molar-refractivity contribution in [2.45, 2.75) is 13.5 Å². The van der Waals surface area contributed by atoms with E-state index >= 15 is 0 Å². The molecule has 0 unspecified atom stereocenters. The van der Waals surface area contributed by atoms with Crippen molar-refractivity contribution in [2.75, 3.05) is 0 Å². The molecule has 0 amide bonds. The fourth-order valence-corrected chi connectivity index (χ4v) is 2.35. The van der Waals surface area contributed by atoms with E-state index < -0.39 is 0 Å². The van der Waals surface area contributed by atoms with E-state index in [1.807, 2.05) is 0 Å². The zero-order valence-electron chi connectivity index (χ0n) is 7.54. The zero-order chi connectivity index (χ0) is 9.26. The molecule has 2 rings (SSSR count). The van der Waals surface area contributed by atoms with Crippen molar-refractivity contribution >= 4 is 21.4 Å². The van der Waals surface area contributed by atoms with Gasteiger partial charge in [-0.05, 0) is 29.3 Å². The molecular formula is C11H11OS. The molecule has 0 bridgehead atoms. The minimum absolute atomic E-state index is 0.601. The molecule has 0 N–H and O–H groups in total. The van der Waals surface area contributed by atoms with E-state index in [1.54, 1.807) is 11.3 Å². The summed E-state index contributed by atoms with van der Waals surface area (Å²) in [6, 6.07) is 6.48. The molecule has 1 aromatic carbocycles. The Labute approximate surface area is 82.0 Å². The van der Waals surface area contributed by atoms with E-state index in [-0.39, 0.29) is 0 Å². The van der Waals surface area contributed by atoms with Crippen LogP contribution in [0.3, 0.4) is 0 Å². The average molecular weight is 191 g/mol. The monoisotopic (exact) mass is 191 g/mol. The standard InChI is InChI=1S/C11H11OS/c1-8-3-4-11-10(5-8)9(6-12-2)7-13-11/h3-5,7H,2,6H2,1H3. The first-order valence-corrected chi connectivity index (χ1v) is 5.03. The van der Waals surface area contributed by atoms with Crippen molar-refractivity contribution < 1.29 is 4.74 Å². The largest absolute Gasteiger partial charge is 0.374 e. The predicted molar refractivity (Wildman–Crippen MR) is 56.7 cm³/mol. The van der Waals surface area contributed by atoms with E-state index in [0.29, 0.717) is 6.61 Å². The summed E-state index contributed by atoms with van der Waals surface area (Å²) in [6.45, 7) is 2.70. The predicted octanol–water partition coefficient (Wildman–Crippen LogP) is 3.52. The molecule has 1 nitrogen and oxygen atoms in total. The van der Waals surface area contributed by atoms with Crippen molar-refractivity contribution in [3.63, 3.8) is 0 Å². The van der Waals surface area contributed by atoms with Crippen molar-refractivity contribution in [3.05, 3.63) is 41.8 Å². The first-order chi connectivity index (χ1) is 6.31. The Morgan fingerprint density at radius 2 is 2.31 bits per heavy atom.